The van der Waals surface area contributed by atoms with E-state index < -0.39 is 6.04 Å². The Kier molecular flexibility index (Phi) is 5.67. The number of amides is 2. The van der Waals surface area contributed by atoms with Crippen molar-refractivity contribution in [2.24, 2.45) is 0 Å². The lowest BCUT2D eigenvalue weighted by Crippen LogP contribution is -2.56. The summed E-state index contributed by atoms with van der Waals surface area (Å²) in [7, 11) is 0. The first-order chi connectivity index (χ1) is 14.1. The predicted molar refractivity (Wildman–Crippen MR) is 110 cm³/mol. The van der Waals surface area contributed by atoms with Crippen molar-refractivity contribution in [2.75, 3.05) is 19.6 Å². The first-order valence-corrected chi connectivity index (χ1v) is 9.96. The SMILES string of the molecule is Cc1cc2ccccc2n1CCNC(=O)CC1C(=O)NCCN1Cc1ccoc1. The van der Waals surface area contributed by atoms with Crippen molar-refractivity contribution < 1.29 is 14.0 Å². The van der Waals surface area contributed by atoms with Gasteiger partial charge in [-0.05, 0) is 30.5 Å². The molecule has 7 nitrogen and oxygen atoms in total. The van der Waals surface area contributed by atoms with Crippen LogP contribution in [0.5, 0.6) is 0 Å². The summed E-state index contributed by atoms with van der Waals surface area (Å²) in [4.78, 5) is 26.9. The van der Waals surface area contributed by atoms with Crippen LogP contribution in [-0.2, 0) is 22.7 Å². The molecule has 1 atom stereocenters. The highest BCUT2D eigenvalue weighted by Crippen LogP contribution is 2.19. The topological polar surface area (TPSA) is 79.5 Å². The van der Waals surface area contributed by atoms with E-state index >= 15 is 0 Å². The maximum atomic E-state index is 12.5. The molecule has 0 radical (unpaired) electrons. The van der Waals surface area contributed by atoms with Crippen molar-refractivity contribution in [3.8, 4) is 0 Å². The molecule has 1 saturated heterocycles. The Morgan fingerprint density at radius 2 is 2.17 bits per heavy atom. The Morgan fingerprint density at radius 1 is 1.31 bits per heavy atom. The van der Waals surface area contributed by atoms with E-state index in [-0.39, 0.29) is 18.2 Å². The second-order valence-corrected chi connectivity index (χ2v) is 7.46. The second kappa shape index (κ2) is 8.53. The highest BCUT2D eigenvalue weighted by atomic mass is 16.3. The number of nitrogens with zero attached hydrogens (tertiary/aromatic N) is 2. The third-order valence-electron chi connectivity index (χ3n) is 5.46. The van der Waals surface area contributed by atoms with Gasteiger partial charge in [-0.2, -0.15) is 0 Å². The van der Waals surface area contributed by atoms with Crippen LogP contribution in [0.3, 0.4) is 0 Å². The summed E-state index contributed by atoms with van der Waals surface area (Å²) >= 11 is 0. The number of hydrogen-bond donors (Lipinski definition) is 2. The molecule has 1 unspecified atom stereocenters. The van der Waals surface area contributed by atoms with Gasteiger partial charge in [-0.1, -0.05) is 18.2 Å². The lowest BCUT2D eigenvalue weighted by Gasteiger charge is -2.34. The first-order valence-electron chi connectivity index (χ1n) is 9.96. The van der Waals surface area contributed by atoms with Gasteiger partial charge in [-0.25, -0.2) is 0 Å². The normalized spacial score (nSPS) is 17.4. The highest BCUT2D eigenvalue weighted by molar-refractivity contribution is 5.88. The maximum absolute atomic E-state index is 12.5. The van der Waals surface area contributed by atoms with Gasteiger partial charge in [0.2, 0.25) is 11.8 Å². The quantitative estimate of drug-likeness (QED) is 0.643. The van der Waals surface area contributed by atoms with Crippen LogP contribution in [0.2, 0.25) is 0 Å². The molecule has 1 aliphatic heterocycles. The molecule has 0 saturated carbocycles. The summed E-state index contributed by atoms with van der Waals surface area (Å²) in [5.74, 6) is -0.208. The number of carbonyl (C=O) groups excluding carboxylic acids is 2. The van der Waals surface area contributed by atoms with E-state index in [9.17, 15) is 9.59 Å². The summed E-state index contributed by atoms with van der Waals surface area (Å²) in [6.45, 7) is 5.19. The lowest BCUT2D eigenvalue weighted by atomic mass is 10.1. The number of nitrogens with one attached hydrogen (secondary N) is 2. The predicted octanol–water partition coefficient (Wildman–Crippen LogP) is 2.05. The number of carbonyl (C=O) groups is 2. The monoisotopic (exact) mass is 394 g/mol. The molecule has 1 fully saturated rings. The van der Waals surface area contributed by atoms with E-state index in [4.69, 9.17) is 4.42 Å². The van der Waals surface area contributed by atoms with Crippen molar-refractivity contribution in [2.45, 2.75) is 32.5 Å². The Labute approximate surface area is 169 Å². The van der Waals surface area contributed by atoms with Crippen LogP contribution in [0.25, 0.3) is 10.9 Å². The smallest absolute Gasteiger partial charge is 0.237 e. The molecule has 4 rings (SSSR count). The fraction of sp³-hybridized carbons (Fsp3) is 0.364. The number of hydrogen-bond acceptors (Lipinski definition) is 4. The number of aryl methyl sites for hydroxylation is 1. The fourth-order valence-corrected chi connectivity index (χ4v) is 3.99. The van der Waals surface area contributed by atoms with Crippen LogP contribution >= 0.6 is 0 Å². The van der Waals surface area contributed by atoms with Gasteiger partial charge in [0.25, 0.3) is 0 Å². The molecule has 0 bridgehead atoms. The van der Waals surface area contributed by atoms with Crippen LogP contribution in [0.1, 0.15) is 17.7 Å². The van der Waals surface area contributed by atoms with Crippen LogP contribution < -0.4 is 10.6 Å². The molecule has 29 heavy (non-hydrogen) atoms. The lowest BCUT2D eigenvalue weighted by molar-refractivity contribution is -0.134. The third kappa shape index (κ3) is 4.35. The summed E-state index contributed by atoms with van der Waals surface area (Å²) < 4.78 is 7.32. The van der Waals surface area contributed by atoms with Crippen molar-refractivity contribution in [1.29, 1.82) is 0 Å². The zero-order chi connectivity index (χ0) is 20.2. The molecule has 2 N–H and O–H groups in total. The molecule has 1 aromatic carbocycles. The Hall–Kier alpha value is -3.06. The van der Waals surface area contributed by atoms with Gasteiger partial charge >= 0.3 is 0 Å². The standard InChI is InChI=1S/C22H26N4O3/c1-16-12-18-4-2-3-5-19(18)26(16)10-8-23-21(27)13-20-22(28)24-7-9-25(20)14-17-6-11-29-15-17/h2-6,11-12,15,20H,7-10,13-14H2,1H3,(H,23,27)(H,24,28). The third-order valence-corrected chi connectivity index (χ3v) is 5.46. The van der Waals surface area contributed by atoms with E-state index in [1.54, 1.807) is 12.5 Å². The summed E-state index contributed by atoms with van der Waals surface area (Å²) in [6, 6.07) is 11.8. The van der Waals surface area contributed by atoms with E-state index in [1.807, 2.05) is 23.1 Å². The minimum Gasteiger partial charge on any atom is -0.472 e. The van der Waals surface area contributed by atoms with Gasteiger partial charge in [0.15, 0.2) is 0 Å². The number of furan rings is 1. The van der Waals surface area contributed by atoms with Gasteiger partial charge in [0.1, 0.15) is 0 Å². The van der Waals surface area contributed by atoms with Gasteiger partial charge < -0.3 is 19.6 Å². The molecule has 3 aromatic rings. The molecule has 1 aliphatic rings. The fourth-order valence-electron chi connectivity index (χ4n) is 3.99. The molecule has 7 heteroatoms. The number of rotatable bonds is 7. The number of benzene rings is 1. The van der Waals surface area contributed by atoms with E-state index in [1.165, 1.54) is 11.1 Å². The van der Waals surface area contributed by atoms with Crippen LogP contribution in [0.4, 0.5) is 0 Å². The molecule has 3 heterocycles. The second-order valence-electron chi connectivity index (χ2n) is 7.46. The number of aromatic nitrogens is 1. The summed E-state index contributed by atoms with van der Waals surface area (Å²) in [6.07, 6.45) is 3.44. The van der Waals surface area contributed by atoms with Crippen molar-refractivity contribution in [3.05, 3.63) is 60.2 Å². The van der Waals surface area contributed by atoms with Crippen molar-refractivity contribution >= 4 is 22.7 Å². The Morgan fingerprint density at radius 3 is 3.00 bits per heavy atom. The van der Waals surface area contributed by atoms with Crippen LogP contribution in [0, 0.1) is 6.92 Å². The number of piperazine rings is 1. The van der Waals surface area contributed by atoms with E-state index in [0.29, 0.717) is 32.7 Å². The first kappa shape index (κ1) is 19.3. The van der Waals surface area contributed by atoms with Gasteiger partial charge in [-0.15, -0.1) is 0 Å². The zero-order valence-electron chi connectivity index (χ0n) is 16.6. The molecule has 0 spiro atoms. The zero-order valence-corrected chi connectivity index (χ0v) is 16.6. The molecular weight excluding hydrogens is 368 g/mol. The molecular formula is C22H26N4O3. The van der Waals surface area contributed by atoms with Crippen molar-refractivity contribution in [3.63, 3.8) is 0 Å². The Bertz CT molecular complexity index is 993. The van der Waals surface area contributed by atoms with E-state index in [2.05, 4.69) is 40.3 Å². The molecule has 0 aliphatic carbocycles. The summed E-state index contributed by atoms with van der Waals surface area (Å²) in [5, 5.41) is 7.04. The maximum Gasteiger partial charge on any atom is 0.237 e. The molecule has 2 aromatic heterocycles. The highest BCUT2D eigenvalue weighted by Gasteiger charge is 2.31. The minimum absolute atomic E-state index is 0.0952. The van der Waals surface area contributed by atoms with Crippen molar-refractivity contribution in [1.82, 2.24) is 20.1 Å². The van der Waals surface area contributed by atoms with Crippen LogP contribution in [-0.4, -0.2) is 47.0 Å². The largest absolute Gasteiger partial charge is 0.472 e. The average molecular weight is 394 g/mol. The molecule has 2 amide bonds. The molecule has 152 valence electrons. The minimum atomic E-state index is -0.465. The number of para-hydroxylation sites is 1. The summed E-state index contributed by atoms with van der Waals surface area (Å²) in [5.41, 5.74) is 3.33. The van der Waals surface area contributed by atoms with Gasteiger partial charge in [0, 0.05) is 49.5 Å². The average Bonchev–Trinajstić information content (AvgIpc) is 3.32. The van der Waals surface area contributed by atoms with E-state index in [0.717, 1.165) is 11.1 Å². The number of fused-ring (bicyclic) bond motifs is 1. The van der Waals surface area contributed by atoms with Gasteiger partial charge in [0.05, 0.1) is 25.0 Å². The van der Waals surface area contributed by atoms with Gasteiger partial charge in [-0.3, -0.25) is 14.5 Å². The Balaban J connectivity index is 1.34. The van der Waals surface area contributed by atoms with Crippen LogP contribution in [0.15, 0.2) is 53.3 Å².